The SMILES string of the molecule is Cc1c(Cl)cccc1NC(=O)COC(=O)C[C@@H]1C(=O)C[C@@H](C)[C@@H]1C[N+](=O)[O-]. The molecule has 0 unspecified atom stereocenters. The fraction of sp³-hybridized carbons (Fsp3) is 0.500. The zero-order chi connectivity index (χ0) is 20.1. The average Bonchev–Trinajstić information content (AvgIpc) is 2.83. The molecule has 1 aliphatic rings. The van der Waals surface area contributed by atoms with Gasteiger partial charge in [0.05, 0.1) is 6.42 Å². The number of esters is 1. The second kappa shape index (κ2) is 8.94. The summed E-state index contributed by atoms with van der Waals surface area (Å²) >= 11 is 5.98. The first kappa shape index (κ1) is 20.8. The number of benzene rings is 1. The minimum atomic E-state index is -0.740. The second-order valence-corrected chi connectivity index (χ2v) is 7.17. The lowest BCUT2D eigenvalue weighted by molar-refractivity contribution is -0.490. The van der Waals surface area contributed by atoms with Gasteiger partial charge in [-0.1, -0.05) is 24.6 Å². The number of anilines is 1. The molecule has 27 heavy (non-hydrogen) atoms. The zero-order valence-corrected chi connectivity index (χ0v) is 15.8. The molecule has 1 aliphatic carbocycles. The number of rotatable bonds is 7. The van der Waals surface area contributed by atoms with Crippen molar-refractivity contribution >= 4 is 34.9 Å². The van der Waals surface area contributed by atoms with Crippen LogP contribution in [0.2, 0.25) is 5.02 Å². The van der Waals surface area contributed by atoms with E-state index in [1.54, 1.807) is 32.0 Å². The zero-order valence-electron chi connectivity index (χ0n) is 15.1. The Kier molecular flexibility index (Phi) is 6.90. The molecule has 1 aromatic rings. The van der Waals surface area contributed by atoms with Crippen LogP contribution in [-0.2, 0) is 19.1 Å². The van der Waals surface area contributed by atoms with Gasteiger partial charge in [0.1, 0.15) is 5.78 Å². The fourth-order valence-corrected chi connectivity index (χ4v) is 3.49. The van der Waals surface area contributed by atoms with Gasteiger partial charge < -0.3 is 10.1 Å². The van der Waals surface area contributed by atoms with Crippen LogP contribution >= 0.6 is 11.6 Å². The standard InChI is InChI=1S/C18H21ClN2O6/c1-10-6-16(22)12(13(10)8-21(25)26)7-18(24)27-9-17(23)20-15-5-3-4-14(19)11(15)2/h3-5,10,12-13H,6-9H2,1-2H3,(H,20,23)/t10-,12+,13+/m1/s1. The molecule has 1 saturated carbocycles. The summed E-state index contributed by atoms with van der Waals surface area (Å²) in [7, 11) is 0. The van der Waals surface area contributed by atoms with Crippen LogP contribution in [0.1, 0.15) is 25.3 Å². The number of nitrogens with one attached hydrogen (secondary N) is 1. The Morgan fingerprint density at radius 1 is 1.41 bits per heavy atom. The van der Waals surface area contributed by atoms with E-state index in [-0.39, 0.29) is 31.1 Å². The third-order valence-electron chi connectivity index (χ3n) is 4.84. The quantitative estimate of drug-likeness (QED) is 0.430. The normalized spacial score (nSPS) is 21.7. The molecule has 0 aliphatic heterocycles. The lowest BCUT2D eigenvalue weighted by Gasteiger charge is -2.17. The molecule has 9 heteroatoms. The van der Waals surface area contributed by atoms with Crippen LogP contribution in [0, 0.1) is 34.8 Å². The van der Waals surface area contributed by atoms with Gasteiger partial charge in [-0.2, -0.15) is 0 Å². The molecule has 1 aromatic carbocycles. The molecule has 3 atom stereocenters. The molecule has 1 amide bonds. The summed E-state index contributed by atoms with van der Waals surface area (Å²) < 4.78 is 4.94. The molecule has 1 fully saturated rings. The van der Waals surface area contributed by atoms with Gasteiger partial charge in [0.2, 0.25) is 6.54 Å². The van der Waals surface area contributed by atoms with E-state index < -0.39 is 35.2 Å². The first-order valence-corrected chi connectivity index (χ1v) is 8.92. The fourth-order valence-electron chi connectivity index (χ4n) is 3.31. The van der Waals surface area contributed by atoms with E-state index in [1.807, 2.05) is 0 Å². The molecule has 2 rings (SSSR count). The number of ketones is 1. The molecule has 0 saturated heterocycles. The van der Waals surface area contributed by atoms with E-state index in [0.29, 0.717) is 16.3 Å². The number of halogens is 1. The number of ether oxygens (including phenoxy) is 1. The van der Waals surface area contributed by atoms with Crippen LogP contribution in [0.3, 0.4) is 0 Å². The number of hydrogen-bond donors (Lipinski definition) is 1. The third kappa shape index (κ3) is 5.50. The highest BCUT2D eigenvalue weighted by Gasteiger charge is 2.44. The van der Waals surface area contributed by atoms with Gasteiger partial charge in [0, 0.05) is 33.9 Å². The van der Waals surface area contributed by atoms with Crippen molar-refractivity contribution in [2.75, 3.05) is 18.5 Å². The molecule has 0 spiro atoms. The molecule has 0 aromatic heterocycles. The predicted octanol–water partition coefficient (Wildman–Crippen LogP) is 2.64. The lowest BCUT2D eigenvalue weighted by Crippen LogP contribution is -2.28. The number of amides is 1. The van der Waals surface area contributed by atoms with Gasteiger partial charge in [-0.25, -0.2) is 0 Å². The monoisotopic (exact) mass is 396 g/mol. The van der Waals surface area contributed by atoms with Crippen LogP contribution in [0.5, 0.6) is 0 Å². The molecule has 146 valence electrons. The Balaban J connectivity index is 1.88. The summed E-state index contributed by atoms with van der Waals surface area (Å²) in [6.07, 6.45) is -0.0455. The average molecular weight is 397 g/mol. The van der Waals surface area contributed by atoms with E-state index in [0.717, 1.165) is 0 Å². The summed E-state index contributed by atoms with van der Waals surface area (Å²) in [4.78, 5) is 46.3. The molecule has 0 radical (unpaired) electrons. The van der Waals surface area contributed by atoms with Crippen molar-refractivity contribution in [1.29, 1.82) is 0 Å². The summed E-state index contributed by atoms with van der Waals surface area (Å²) in [5.41, 5.74) is 1.20. The number of hydrogen-bond acceptors (Lipinski definition) is 6. The summed E-state index contributed by atoms with van der Waals surface area (Å²) in [6, 6.07) is 5.04. The van der Waals surface area contributed by atoms with E-state index in [1.165, 1.54) is 0 Å². The van der Waals surface area contributed by atoms with Crippen molar-refractivity contribution in [2.24, 2.45) is 17.8 Å². The second-order valence-electron chi connectivity index (χ2n) is 6.76. The summed E-state index contributed by atoms with van der Waals surface area (Å²) in [6.45, 7) is 2.63. The first-order chi connectivity index (χ1) is 12.7. The van der Waals surface area contributed by atoms with E-state index in [4.69, 9.17) is 16.3 Å². The van der Waals surface area contributed by atoms with Gasteiger partial charge in [-0.3, -0.25) is 24.5 Å². The summed E-state index contributed by atoms with van der Waals surface area (Å²) in [5, 5.41) is 13.9. The van der Waals surface area contributed by atoms with Crippen molar-refractivity contribution < 1.29 is 24.0 Å². The van der Waals surface area contributed by atoms with Gasteiger partial charge >= 0.3 is 5.97 Å². The number of Topliss-reactive ketones (excluding diaryl/α,β-unsaturated/α-hetero) is 1. The highest BCUT2D eigenvalue weighted by Crippen LogP contribution is 2.36. The highest BCUT2D eigenvalue weighted by molar-refractivity contribution is 6.31. The maximum absolute atomic E-state index is 12.0. The molecular formula is C18H21ClN2O6. The Bertz CT molecular complexity index is 766. The maximum Gasteiger partial charge on any atom is 0.307 e. The highest BCUT2D eigenvalue weighted by atomic mass is 35.5. The Hall–Kier alpha value is -2.48. The van der Waals surface area contributed by atoms with E-state index >= 15 is 0 Å². The number of nitrogens with zero attached hydrogens (tertiary/aromatic N) is 1. The number of carbonyl (C=O) groups excluding carboxylic acids is 3. The lowest BCUT2D eigenvalue weighted by atomic mass is 9.88. The molecule has 8 nitrogen and oxygen atoms in total. The Morgan fingerprint density at radius 2 is 2.11 bits per heavy atom. The third-order valence-corrected chi connectivity index (χ3v) is 5.25. The van der Waals surface area contributed by atoms with Crippen molar-refractivity contribution in [2.45, 2.75) is 26.7 Å². The molecule has 0 heterocycles. The van der Waals surface area contributed by atoms with Gasteiger partial charge in [-0.15, -0.1) is 0 Å². The first-order valence-electron chi connectivity index (χ1n) is 8.54. The van der Waals surface area contributed by atoms with Crippen LogP contribution < -0.4 is 5.32 Å². The number of carbonyl (C=O) groups is 3. The maximum atomic E-state index is 12.0. The van der Waals surface area contributed by atoms with Gasteiger partial charge in [0.25, 0.3) is 5.91 Å². The largest absolute Gasteiger partial charge is 0.456 e. The van der Waals surface area contributed by atoms with E-state index in [2.05, 4.69) is 5.32 Å². The smallest absolute Gasteiger partial charge is 0.307 e. The minimum absolute atomic E-state index is 0.158. The van der Waals surface area contributed by atoms with Crippen molar-refractivity contribution in [3.63, 3.8) is 0 Å². The van der Waals surface area contributed by atoms with E-state index in [9.17, 15) is 24.5 Å². The predicted molar refractivity (Wildman–Crippen MR) is 98.0 cm³/mol. The van der Waals surface area contributed by atoms with Gasteiger partial charge in [0.15, 0.2) is 6.61 Å². The van der Waals surface area contributed by atoms with Crippen LogP contribution in [0.15, 0.2) is 18.2 Å². The summed E-state index contributed by atoms with van der Waals surface area (Å²) in [5.74, 6) is -2.84. The van der Waals surface area contributed by atoms with Crippen LogP contribution in [0.4, 0.5) is 5.69 Å². The minimum Gasteiger partial charge on any atom is -0.456 e. The topological polar surface area (TPSA) is 116 Å². The van der Waals surface area contributed by atoms with Gasteiger partial charge in [-0.05, 0) is 30.5 Å². The van der Waals surface area contributed by atoms with Crippen LogP contribution in [-0.4, -0.2) is 35.7 Å². The van der Waals surface area contributed by atoms with Crippen molar-refractivity contribution in [1.82, 2.24) is 0 Å². The van der Waals surface area contributed by atoms with Crippen molar-refractivity contribution in [3.8, 4) is 0 Å². The van der Waals surface area contributed by atoms with Crippen LogP contribution in [0.25, 0.3) is 0 Å². The number of nitro groups is 1. The Labute approximate surface area is 161 Å². The Morgan fingerprint density at radius 3 is 2.78 bits per heavy atom. The molecule has 0 bridgehead atoms. The molecule has 1 N–H and O–H groups in total. The molecular weight excluding hydrogens is 376 g/mol. The van der Waals surface area contributed by atoms with Crippen molar-refractivity contribution in [3.05, 3.63) is 38.9 Å².